The van der Waals surface area contributed by atoms with E-state index in [-0.39, 0.29) is 12.5 Å². The molecular weight excluding hydrogens is 238 g/mol. The van der Waals surface area contributed by atoms with Gasteiger partial charge < -0.3 is 10.6 Å². The number of carbonyl (C=O) groups excluding carboxylic acids is 3. The van der Waals surface area contributed by atoms with Crippen LogP contribution in [0.4, 0.5) is 5.69 Å². The molecule has 4 N–H and O–H groups in total. The van der Waals surface area contributed by atoms with E-state index in [4.69, 9.17) is 5.21 Å². The zero-order valence-corrected chi connectivity index (χ0v) is 9.69. The minimum atomic E-state index is -0.721. The number of amides is 3. The number of hydrogen-bond acceptors (Lipinski definition) is 4. The summed E-state index contributed by atoms with van der Waals surface area (Å²) in [7, 11) is 0. The molecule has 1 aromatic rings. The molecule has 0 heterocycles. The molecule has 0 radical (unpaired) electrons. The van der Waals surface area contributed by atoms with Crippen LogP contribution in [0, 0.1) is 0 Å². The number of hydroxylamine groups is 1. The predicted octanol–water partition coefficient (Wildman–Crippen LogP) is -0.120. The van der Waals surface area contributed by atoms with E-state index < -0.39 is 11.8 Å². The van der Waals surface area contributed by atoms with Crippen molar-refractivity contribution in [2.45, 2.75) is 6.92 Å². The molecule has 0 aromatic heterocycles. The van der Waals surface area contributed by atoms with Gasteiger partial charge in [0.15, 0.2) is 0 Å². The summed E-state index contributed by atoms with van der Waals surface area (Å²) in [5, 5.41) is 13.1. The van der Waals surface area contributed by atoms with Gasteiger partial charge in [0.2, 0.25) is 5.91 Å². The molecule has 7 heteroatoms. The van der Waals surface area contributed by atoms with Crippen molar-refractivity contribution in [3.05, 3.63) is 29.8 Å². The van der Waals surface area contributed by atoms with Crippen molar-refractivity contribution in [1.29, 1.82) is 0 Å². The maximum atomic E-state index is 11.6. The molecule has 0 spiro atoms. The summed E-state index contributed by atoms with van der Waals surface area (Å²) < 4.78 is 0. The standard InChI is InChI=1S/C11H13N3O4/c1-7(15)13-9-4-2-3-8(5-9)11(17)12-6-10(16)14-18/h2-5,18H,6H2,1H3,(H,12,17)(H,13,15)(H,14,16). The van der Waals surface area contributed by atoms with Crippen LogP contribution in [-0.4, -0.2) is 29.5 Å². The largest absolute Gasteiger partial charge is 0.343 e. The highest BCUT2D eigenvalue weighted by molar-refractivity contribution is 5.98. The van der Waals surface area contributed by atoms with Crippen molar-refractivity contribution >= 4 is 23.4 Å². The molecule has 0 unspecified atom stereocenters. The molecule has 0 saturated heterocycles. The van der Waals surface area contributed by atoms with Gasteiger partial charge in [0.05, 0.1) is 6.54 Å². The van der Waals surface area contributed by atoms with Gasteiger partial charge in [-0.2, -0.15) is 0 Å². The quantitative estimate of drug-likeness (QED) is 0.442. The maximum absolute atomic E-state index is 11.6. The third kappa shape index (κ3) is 4.22. The highest BCUT2D eigenvalue weighted by atomic mass is 16.5. The average molecular weight is 251 g/mol. The summed E-state index contributed by atoms with van der Waals surface area (Å²) in [6.07, 6.45) is 0. The normalized spacial score (nSPS) is 9.44. The van der Waals surface area contributed by atoms with Crippen LogP contribution < -0.4 is 16.1 Å². The van der Waals surface area contributed by atoms with E-state index in [0.717, 1.165) is 0 Å². The second-order valence-electron chi connectivity index (χ2n) is 3.48. The lowest BCUT2D eigenvalue weighted by Gasteiger charge is -2.06. The van der Waals surface area contributed by atoms with Crippen LogP contribution in [0.3, 0.4) is 0 Å². The molecule has 1 aromatic carbocycles. The Balaban J connectivity index is 2.68. The second-order valence-corrected chi connectivity index (χ2v) is 3.48. The van der Waals surface area contributed by atoms with Gasteiger partial charge >= 0.3 is 0 Å². The summed E-state index contributed by atoms with van der Waals surface area (Å²) in [5.74, 6) is -1.45. The van der Waals surface area contributed by atoms with Gasteiger partial charge in [-0.3, -0.25) is 19.6 Å². The van der Waals surface area contributed by atoms with E-state index in [9.17, 15) is 14.4 Å². The Morgan fingerprint density at radius 3 is 2.61 bits per heavy atom. The van der Waals surface area contributed by atoms with Gasteiger partial charge in [-0.1, -0.05) is 6.07 Å². The molecule has 0 aliphatic heterocycles. The SMILES string of the molecule is CC(=O)Nc1cccc(C(=O)NCC(=O)NO)c1. The Hall–Kier alpha value is -2.41. The number of anilines is 1. The van der Waals surface area contributed by atoms with E-state index in [1.807, 2.05) is 0 Å². The average Bonchev–Trinajstić information content (AvgIpc) is 2.35. The van der Waals surface area contributed by atoms with Crippen LogP contribution in [-0.2, 0) is 9.59 Å². The fraction of sp³-hybridized carbons (Fsp3) is 0.182. The van der Waals surface area contributed by atoms with E-state index in [1.54, 1.807) is 12.1 Å². The summed E-state index contributed by atoms with van der Waals surface area (Å²) in [6, 6.07) is 6.26. The van der Waals surface area contributed by atoms with E-state index >= 15 is 0 Å². The van der Waals surface area contributed by atoms with Crippen LogP contribution >= 0.6 is 0 Å². The molecule has 0 aliphatic carbocycles. The first kappa shape index (κ1) is 13.7. The van der Waals surface area contributed by atoms with Gasteiger partial charge in [0.1, 0.15) is 0 Å². The number of carbonyl (C=O) groups is 3. The highest BCUT2D eigenvalue weighted by Gasteiger charge is 2.08. The number of rotatable bonds is 4. The van der Waals surface area contributed by atoms with Crippen molar-refractivity contribution in [1.82, 2.24) is 10.8 Å². The van der Waals surface area contributed by atoms with Crippen LogP contribution in [0.2, 0.25) is 0 Å². The van der Waals surface area contributed by atoms with Gasteiger partial charge in [-0.05, 0) is 18.2 Å². The molecule has 7 nitrogen and oxygen atoms in total. The van der Waals surface area contributed by atoms with Gasteiger partial charge in [-0.15, -0.1) is 0 Å². The fourth-order valence-corrected chi connectivity index (χ4v) is 1.24. The van der Waals surface area contributed by atoms with Crippen molar-refractivity contribution < 1.29 is 19.6 Å². The molecule has 18 heavy (non-hydrogen) atoms. The molecule has 0 bridgehead atoms. The summed E-state index contributed by atoms with van der Waals surface area (Å²) in [4.78, 5) is 33.2. The molecule has 1 rings (SSSR count). The number of benzene rings is 1. The molecule has 96 valence electrons. The van der Waals surface area contributed by atoms with Crippen molar-refractivity contribution in [3.8, 4) is 0 Å². The van der Waals surface area contributed by atoms with Gasteiger partial charge in [0, 0.05) is 18.2 Å². The van der Waals surface area contributed by atoms with Crippen LogP contribution in [0.15, 0.2) is 24.3 Å². The molecule has 0 saturated carbocycles. The van der Waals surface area contributed by atoms with E-state index in [1.165, 1.54) is 24.5 Å². The van der Waals surface area contributed by atoms with Crippen molar-refractivity contribution in [3.63, 3.8) is 0 Å². The first-order valence-electron chi connectivity index (χ1n) is 5.11. The highest BCUT2D eigenvalue weighted by Crippen LogP contribution is 2.10. The van der Waals surface area contributed by atoms with Crippen molar-refractivity contribution in [2.24, 2.45) is 0 Å². The molecule has 3 amide bonds. The van der Waals surface area contributed by atoms with E-state index in [2.05, 4.69) is 10.6 Å². The maximum Gasteiger partial charge on any atom is 0.262 e. The Labute approximate surface area is 103 Å². The monoisotopic (exact) mass is 251 g/mol. The lowest BCUT2D eigenvalue weighted by atomic mass is 10.2. The predicted molar refractivity (Wildman–Crippen MR) is 63.0 cm³/mol. The topological polar surface area (TPSA) is 108 Å². The Morgan fingerprint density at radius 1 is 1.28 bits per heavy atom. The van der Waals surface area contributed by atoms with Gasteiger partial charge in [-0.25, -0.2) is 5.48 Å². The molecule has 0 fully saturated rings. The Morgan fingerprint density at radius 2 is 2.00 bits per heavy atom. The first-order valence-corrected chi connectivity index (χ1v) is 5.11. The van der Waals surface area contributed by atoms with Crippen molar-refractivity contribution in [2.75, 3.05) is 11.9 Å². The smallest absolute Gasteiger partial charge is 0.262 e. The lowest BCUT2D eigenvalue weighted by Crippen LogP contribution is -2.35. The summed E-state index contributed by atoms with van der Waals surface area (Å²) >= 11 is 0. The number of hydrogen-bond donors (Lipinski definition) is 4. The van der Waals surface area contributed by atoms with Gasteiger partial charge in [0.25, 0.3) is 11.8 Å². The molecule has 0 aliphatic rings. The minimum absolute atomic E-state index is 0.243. The summed E-state index contributed by atoms with van der Waals surface area (Å²) in [6.45, 7) is 1.03. The Bertz CT molecular complexity index is 473. The lowest BCUT2D eigenvalue weighted by molar-refractivity contribution is -0.128. The summed E-state index contributed by atoms with van der Waals surface area (Å²) in [5.41, 5.74) is 2.18. The molecule has 0 atom stereocenters. The zero-order chi connectivity index (χ0) is 13.5. The van der Waals surface area contributed by atoms with Crippen LogP contribution in [0.5, 0.6) is 0 Å². The first-order chi connectivity index (χ1) is 8.52. The van der Waals surface area contributed by atoms with Crippen LogP contribution in [0.25, 0.3) is 0 Å². The Kier molecular flexibility index (Phi) is 4.82. The number of nitrogens with one attached hydrogen (secondary N) is 3. The zero-order valence-electron chi connectivity index (χ0n) is 9.69. The van der Waals surface area contributed by atoms with Crippen LogP contribution in [0.1, 0.15) is 17.3 Å². The second kappa shape index (κ2) is 6.36. The molecular formula is C11H13N3O4. The third-order valence-corrected chi connectivity index (χ3v) is 1.98. The van der Waals surface area contributed by atoms with E-state index in [0.29, 0.717) is 11.3 Å². The minimum Gasteiger partial charge on any atom is -0.343 e. The fourth-order valence-electron chi connectivity index (χ4n) is 1.24. The third-order valence-electron chi connectivity index (χ3n) is 1.98.